The van der Waals surface area contributed by atoms with Crippen molar-refractivity contribution in [1.82, 2.24) is 9.80 Å². The molecule has 5 nitrogen and oxygen atoms in total. The van der Waals surface area contributed by atoms with Crippen molar-refractivity contribution in [2.24, 2.45) is 5.73 Å². The Labute approximate surface area is 123 Å². The van der Waals surface area contributed by atoms with Crippen LogP contribution in [0.1, 0.15) is 39.5 Å². The SMILES string of the molecule is CCCN(CCN(C)C)C1CCC(N)(C(=O)OCC)C1. The molecule has 1 aliphatic carbocycles. The molecule has 0 aromatic carbocycles. The normalized spacial score (nSPS) is 26.4. The molecule has 1 saturated carbocycles. The van der Waals surface area contributed by atoms with Crippen molar-refractivity contribution in [2.75, 3.05) is 40.3 Å². The molecule has 0 radical (unpaired) electrons. The molecular weight excluding hydrogens is 254 g/mol. The Bertz CT molecular complexity index is 309. The zero-order valence-corrected chi connectivity index (χ0v) is 13.5. The third-order valence-electron chi connectivity index (χ3n) is 4.07. The molecule has 0 aromatic rings. The number of carbonyl (C=O) groups excluding carboxylic acids is 1. The first-order chi connectivity index (χ1) is 9.42. The average Bonchev–Trinajstić information content (AvgIpc) is 2.78. The largest absolute Gasteiger partial charge is 0.465 e. The predicted octanol–water partition coefficient (Wildman–Crippen LogP) is 1.07. The fraction of sp³-hybridized carbons (Fsp3) is 0.933. The minimum absolute atomic E-state index is 0.230. The lowest BCUT2D eigenvalue weighted by atomic mass is 9.99. The molecule has 20 heavy (non-hydrogen) atoms. The van der Waals surface area contributed by atoms with E-state index in [1.54, 1.807) is 0 Å². The van der Waals surface area contributed by atoms with Gasteiger partial charge in [-0.15, -0.1) is 0 Å². The van der Waals surface area contributed by atoms with E-state index in [0.29, 0.717) is 12.6 Å². The van der Waals surface area contributed by atoms with E-state index in [1.165, 1.54) is 0 Å². The van der Waals surface area contributed by atoms with Gasteiger partial charge in [0.05, 0.1) is 6.61 Å². The molecule has 2 N–H and O–H groups in total. The number of hydrogen-bond donors (Lipinski definition) is 1. The summed E-state index contributed by atoms with van der Waals surface area (Å²) in [5.41, 5.74) is 5.48. The Morgan fingerprint density at radius 3 is 2.55 bits per heavy atom. The first-order valence-corrected chi connectivity index (χ1v) is 7.77. The van der Waals surface area contributed by atoms with Gasteiger partial charge in [0.2, 0.25) is 0 Å². The molecule has 0 spiro atoms. The van der Waals surface area contributed by atoms with Crippen LogP contribution >= 0.6 is 0 Å². The van der Waals surface area contributed by atoms with Crippen LogP contribution in [0.25, 0.3) is 0 Å². The van der Waals surface area contributed by atoms with Gasteiger partial charge < -0.3 is 15.4 Å². The Morgan fingerprint density at radius 1 is 1.30 bits per heavy atom. The summed E-state index contributed by atoms with van der Waals surface area (Å²) in [5.74, 6) is -0.230. The Hall–Kier alpha value is -0.650. The summed E-state index contributed by atoms with van der Waals surface area (Å²) in [4.78, 5) is 16.7. The molecule has 2 atom stereocenters. The van der Waals surface area contributed by atoms with Gasteiger partial charge in [-0.1, -0.05) is 6.92 Å². The number of likely N-dealkylation sites (N-methyl/N-ethyl adjacent to an activating group) is 1. The van der Waals surface area contributed by atoms with Crippen LogP contribution in [-0.4, -0.2) is 67.7 Å². The number of nitrogens with two attached hydrogens (primary N) is 1. The van der Waals surface area contributed by atoms with Crippen LogP contribution in [0.2, 0.25) is 0 Å². The molecule has 0 heterocycles. The Kier molecular flexibility index (Phi) is 6.92. The maximum atomic E-state index is 12.0. The minimum atomic E-state index is -0.773. The van der Waals surface area contributed by atoms with Gasteiger partial charge in [0.15, 0.2) is 0 Å². The summed E-state index contributed by atoms with van der Waals surface area (Å²) >= 11 is 0. The maximum Gasteiger partial charge on any atom is 0.326 e. The smallest absolute Gasteiger partial charge is 0.326 e. The van der Waals surface area contributed by atoms with Crippen LogP contribution < -0.4 is 5.73 Å². The molecular formula is C15H31N3O2. The Morgan fingerprint density at radius 2 is 2.00 bits per heavy atom. The second-order valence-corrected chi connectivity index (χ2v) is 6.11. The number of rotatable bonds is 8. The third kappa shape index (κ3) is 4.72. The lowest BCUT2D eigenvalue weighted by Crippen LogP contribution is -2.49. The van der Waals surface area contributed by atoms with Crippen molar-refractivity contribution in [3.63, 3.8) is 0 Å². The number of ether oxygens (including phenoxy) is 1. The fourth-order valence-electron chi connectivity index (χ4n) is 2.91. The van der Waals surface area contributed by atoms with Gasteiger partial charge in [-0.05, 0) is 53.2 Å². The maximum absolute atomic E-state index is 12.0. The van der Waals surface area contributed by atoms with Crippen LogP contribution in [0.3, 0.4) is 0 Å². The molecule has 2 unspecified atom stereocenters. The number of carbonyl (C=O) groups is 1. The molecule has 0 bridgehead atoms. The van der Waals surface area contributed by atoms with Crippen molar-refractivity contribution >= 4 is 5.97 Å². The highest BCUT2D eigenvalue weighted by atomic mass is 16.5. The van der Waals surface area contributed by atoms with E-state index in [-0.39, 0.29) is 5.97 Å². The van der Waals surface area contributed by atoms with E-state index >= 15 is 0 Å². The molecule has 118 valence electrons. The van der Waals surface area contributed by atoms with E-state index in [9.17, 15) is 4.79 Å². The fourth-order valence-corrected chi connectivity index (χ4v) is 2.91. The van der Waals surface area contributed by atoms with Crippen molar-refractivity contribution < 1.29 is 9.53 Å². The van der Waals surface area contributed by atoms with Crippen LogP contribution in [0.15, 0.2) is 0 Å². The van der Waals surface area contributed by atoms with Gasteiger partial charge in [-0.3, -0.25) is 9.69 Å². The molecule has 1 aliphatic rings. The summed E-state index contributed by atoms with van der Waals surface area (Å²) < 4.78 is 5.12. The summed E-state index contributed by atoms with van der Waals surface area (Å²) in [6, 6.07) is 0.407. The highest BCUT2D eigenvalue weighted by Gasteiger charge is 2.44. The minimum Gasteiger partial charge on any atom is -0.465 e. The first-order valence-electron chi connectivity index (χ1n) is 7.77. The van der Waals surface area contributed by atoms with E-state index in [2.05, 4.69) is 30.8 Å². The van der Waals surface area contributed by atoms with Crippen molar-refractivity contribution in [3.8, 4) is 0 Å². The van der Waals surface area contributed by atoms with Gasteiger partial charge in [0.25, 0.3) is 0 Å². The quantitative estimate of drug-likeness (QED) is 0.676. The topological polar surface area (TPSA) is 58.8 Å². The predicted molar refractivity (Wildman–Crippen MR) is 81.6 cm³/mol. The standard InChI is InChI=1S/C15H31N3O2/c1-5-9-18(11-10-17(3)4)13-7-8-15(16,12-13)14(19)20-6-2/h13H,5-12,16H2,1-4H3. The van der Waals surface area contributed by atoms with Crippen LogP contribution in [0.5, 0.6) is 0 Å². The van der Waals surface area contributed by atoms with E-state index < -0.39 is 5.54 Å². The zero-order chi connectivity index (χ0) is 15.2. The third-order valence-corrected chi connectivity index (χ3v) is 4.07. The second kappa shape index (κ2) is 7.96. The van der Waals surface area contributed by atoms with Crippen molar-refractivity contribution in [2.45, 2.75) is 51.1 Å². The van der Waals surface area contributed by atoms with Crippen LogP contribution in [0.4, 0.5) is 0 Å². The molecule has 0 aliphatic heterocycles. The molecule has 0 amide bonds. The second-order valence-electron chi connectivity index (χ2n) is 6.11. The molecule has 1 fully saturated rings. The van der Waals surface area contributed by atoms with Gasteiger partial charge in [0, 0.05) is 19.1 Å². The molecule has 0 saturated heterocycles. The number of esters is 1. The number of nitrogens with zero attached hydrogens (tertiary/aromatic N) is 2. The number of hydrogen-bond acceptors (Lipinski definition) is 5. The molecule has 1 rings (SSSR count). The van der Waals surface area contributed by atoms with Gasteiger partial charge in [-0.25, -0.2) is 0 Å². The van der Waals surface area contributed by atoms with Crippen molar-refractivity contribution in [1.29, 1.82) is 0 Å². The zero-order valence-electron chi connectivity index (χ0n) is 13.5. The van der Waals surface area contributed by atoms with Gasteiger partial charge in [0.1, 0.15) is 5.54 Å². The average molecular weight is 285 g/mol. The van der Waals surface area contributed by atoms with Gasteiger partial charge in [-0.2, -0.15) is 0 Å². The Balaban J connectivity index is 2.59. The highest BCUT2D eigenvalue weighted by molar-refractivity contribution is 5.81. The summed E-state index contributed by atoms with van der Waals surface area (Å²) in [6.07, 6.45) is 3.57. The van der Waals surface area contributed by atoms with Gasteiger partial charge >= 0.3 is 5.97 Å². The monoisotopic (exact) mass is 285 g/mol. The lowest BCUT2D eigenvalue weighted by molar-refractivity contribution is -0.149. The summed E-state index contributed by atoms with van der Waals surface area (Å²) in [7, 11) is 4.18. The first kappa shape index (κ1) is 17.4. The molecule has 5 heteroatoms. The highest BCUT2D eigenvalue weighted by Crippen LogP contribution is 2.32. The van der Waals surface area contributed by atoms with Crippen molar-refractivity contribution in [3.05, 3.63) is 0 Å². The lowest BCUT2D eigenvalue weighted by Gasteiger charge is -2.31. The van der Waals surface area contributed by atoms with E-state index in [0.717, 1.165) is 45.3 Å². The summed E-state index contributed by atoms with van der Waals surface area (Å²) in [5, 5.41) is 0. The summed E-state index contributed by atoms with van der Waals surface area (Å²) in [6.45, 7) is 7.56. The molecule has 0 aromatic heterocycles. The van der Waals surface area contributed by atoms with E-state index in [4.69, 9.17) is 10.5 Å². The van der Waals surface area contributed by atoms with Crippen LogP contribution in [-0.2, 0) is 9.53 Å². The van der Waals surface area contributed by atoms with Crippen LogP contribution in [0, 0.1) is 0 Å². The van der Waals surface area contributed by atoms with E-state index in [1.807, 2.05) is 6.92 Å².